The minimum absolute atomic E-state index is 0.188. The Morgan fingerprint density at radius 1 is 0.423 bits per heavy atom. The maximum atomic E-state index is 10.9. The first kappa shape index (κ1) is 53.2. The first-order chi connectivity index (χ1) is 25.3. The molecule has 6 rings (SSSR count). The molecule has 2 heterocycles. The van der Waals surface area contributed by atoms with E-state index in [1.165, 1.54) is 51.4 Å². The Morgan fingerprint density at radius 2 is 0.673 bits per heavy atom. The quantitative estimate of drug-likeness (QED) is 0.134. The number of esters is 4. The van der Waals surface area contributed by atoms with Crippen LogP contribution in [0.3, 0.4) is 0 Å². The fraction of sp³-hybridized carbons (Fsp3) is 0.261. The van der Waals surface area contributed by atoms with Crippen molar-refractivity contribution < 1.29 is 28.7 Å². The minimum Gasteiger partial charge on any atom is -0.393 e. The van der Waals surface area contributed by atoms with Crippen molar-refractivity contribution in [3.05, 3.63) is 187 Å². The van der Waals surface area contributed by atoms with Gasteiger partial charge < -0.3 is 9.47 Å². The summed E-state index contributed by atoms with van der Waals surface area (Å²) in [6.07, 6.45) is 37.2. The van der Waals surface area contributed by atoms with Crippen LogP contribution in [0.4, 0.5) is 0 Å². The number of hydrogen-bond acceptors (Lipinski definition) is 6. The molecule has 0 aromatic heterocycles. The summed E-state index contributed by atoms with van der Waals surface area (Å²) < 4.78 is 8.46. The molecule has 0 bridgehead atoms. The van der Waals surface area contributed by atoms with E-state index in [4.69, 9.17) is 0 Å². The molecule has 1 saturated heterocycles. The standard InChI is InChI=1S/C8H8O3.2C6H10.C6H6.C4H2O3.3C4H6.2C2H4/c9-7-5-3-1-2-4-6(5)8(10)11-7;3*1-2-4-6-5-3-1;5-3-1-2-4(6)7-3;3*1-3-4-2;2*1-2/h1-2,5-6H,3-4H2;2*1-2H,3-6H2;1-6H;1-2H;3*3-4H,1-2H2;2*1-2H2. The van der Waals surface area contributed by atoms with Crippen molar-refractivity contribution in [1.82, 2.24) is 0 Å². The molecule has 2 aliphatic heterocycles. The third-order valence-corrected chi connectivity index (χ3v) is 6.28. The molecular weight excluding hydrogens is 648 g/mol. The van der Waals surface area contributed by atoms with Gasteiger partial charge in [0.25, 0.3) is 0 Å². The highest BCUT2D eigenvalue weighted by Gasteiger charge is 2.43. The highest BCUT2D eigenvalue weighted by molar-refractivity contribution is 6.04. The second-order valence-electron chi connectivity index (χ2n) is 10.1. The highest BCUT2D eigenvalue weighted by atomic mass is 16.6. The Hall–Kier alpha value is -5.62. The summed E-state index contributed by atoms with van der Waals surface area (Å²) in [6, 6.07) is 12.0. The van der Waals surface area contributed by atoms with E-state index >= 15 is 0 Å². The normalized spacial score (nSPS) is 17.0. The summed E-state index contributed by atoms with van der Waals surface area (Å²) in [5, 5.41) is 0. The van der Waals surface area contributed by atoms with E-state index in [9.17, 15) is 19.2 Å². The highest BCUT2D eigenvalue weighted by Crippen LogP contribution is 2.32. The van der Waals surface area contributed by atoms with Gasteiger partial charge in [-0.1, -0.05) is 149 Å². The third-order valence-electron chi connectivity index (χ3n) is 6.28. The van der Waals surface area contributed by atoms with Gasteiger partial charge in [0.1, 0.15) is 0 Å². The SMILES string of the molecule is C1=CCCCC1.C1=CCCCC1.C=C.C=C.C=CC=C.C=CC=C.C=CC=C.O=C1C=CC(=O)O1.O=C1OC(=O)C2CC=CCC12.c1ccccc1. The second kappa shape index (κ2) is 45.4. The van der Waals surface area contributed by atoms with Gasteiger partial charge in [-0.05, 0) is 64.2 Å². The predicted octanol–water partition coefficient (Wildman–Crippen LogP) is 11.9. The van der Waals surface area contributed by atoms with Gasteiger partial charge in [0.2, 0.25) is 0 Å². The molecule has 0 spiro atoms. The maximum Gasteiger partial charge on any atom is 0.338 e. The molecule has 2 unspecified atom stereocenters. The van der Waals surface area contributed by atoms with E-state index in [1.54, 1.807) is 36.5 Å². The van der Waals surface area contributed by atoms with Crippen molar-refractivity contribution >= 4 is 23.9 Å². The number of carbonyl (C=O) groups excluding carboxylic acids is 4. The van der Waals surface area contributed by atoms with Crippen molar-refractivity contribution in [2.45, 2.75) is 64.2 Å². The van der Waals surface area contributed by atoms with Crippen LogP contribution in [0, 0.1) is 11.8 Å². The molecule has 1 aromatic carbocycles. The van der Waals surface area contributed by atoms with Crippen LogP contribution in [0.2, 0.25) is 0 Å². The van der Waals surface area contributed by atoms with Crippen LogP contribution in [0.1, 0.15) is 64.2 Å². The van der Waals surface area contributed by atoms with E-state index in [1.807, 2.05) is 48.6 Å². The predicted molar refractivity (Wildman–Crippen MR) is 222 cm³/mol. The van der Waals surface area contributed by atoms with E-state index in [0.717, 1.165) is 12.2 Å². The molecule has 6 nitrogen and oxygen atoms in total. The van der Waals surface area contributed by atoms with E-state index in [-0.39, 0.29) is 23.8 Å². The molecule has 282 valence electrons. The van der Waals surface area contributed by atoms with Crippen LogP contribution in [0.25, 0.3) is 0 Å². The monoisotopic (exact) mass is 710 g/mol. The molecule has 5 aliphatic rings. The fourth-order valence-corrected chi connectivity index (χ4v) is 3.79. The Kier molecular flexibility index (Phi) is 46.4. The van der Waals surface area contributed by atoms with Crippen molar-refractivity contribution in [3.63, 3.8) is 0 Å². The smallest absolute Gasteiger partial charge is 0.338 e. The Balaban J connectivity index is -0.000000256. The summed E-state index contributed by atoms with van der Waals surface area (Å²) in [7, 11) is 0. The Morgan fingerprint density at radius 3 is 0.827 bits per heavy atom. The maximum absolute atomic E-state index is 10.9. The number of allylic oxidation sites excluding steroid dienone is 12. The largest absolute Gasteiger partial charge is 0.393 e. The van der Waals surface area contributed by atoms with Crippen molar-refractivity contribution in [2.75, 3.05) is 0 Å². The average Bonchev–Trinajstić information content (AvgIpc) is 3.77. The number of carbonyl (C=O) groups is 4. The lowest BCUT2D eigenvalue weighted by atomic mass is 9.85. The zero-order chi connectivity index (χ0) is 40.1. The molecule has 0 saturated carbocycles. The lowest BCUT2D eigenvalue weighted by Crippen LogP contribution is -2.18. The number of benzene rings is 1. The number of fused-ring (bicyclic) bond motifs is 1. The molecule has 6 heteroatoms. The van der Waals surface area contributed by atoms with Crippen molar-refractivity contribution in [3.8, 4) is 0 Å². The summed E-state index contributed by atoms with van der Waals surface area (Å²) in [5.74, 6) is -2.22. The van der Waals surface area contributed by atoms with E-state index in [0.29, 0.717) is 12.8 Å². The first-order valence-corrected chi connectivity index (χ1v) is 17.2. The topological polar surface area (TPSA) is 86.7 Å². The van der Waals surface area contributed by atoms with Gasteiger partial charge in [0.05, 0.1) is 11.8 Å². The van der Waals surface area contributed by atoms with E-state index in [2.05, 4.69) is 99.6 Å². The third kappa shape index (κ3) is 37.2. The molecule has 3 aliphatic carbocycles. The first-order valence-electron chi connectivity index (χ1n) is 17.2. The minimum atomic E-state index is -0.579. The Bertz CT molecular complexity index is 1100. The molecule has 1 fully saturated rings. The summed E-state index contributed by atoms with van der Waals surface area (Å²) in [5.41, 5.74) is 0. The van der Waals surface area contributed by atoms with Gasteiger partial charge in [-0.25, -0.2) is 9.59 Å². The Labute approximate surface area is 315 Å². The lowest BCUT2D eigenvalue weighted by Gasteiger charge is -2.12. The van der Waals surface area contributed by atoms with E-state index < -0.39 is 11.9 Å². The van der Waals surface area contributed by atoms with Crippen molar-refractivity contribution in [1.29, 1.82) is 0 Å². The molecule has 52 heavy (non-hydrogen) atoms. The zero-order valence-electron chi connectivity index (χ0n) is 31.3. The van der Waals surface area contributed by atoms with Gasteiger partial charge in [0.15, 0.2) is 0 Å². The van der Waals surface area contributed by atoms with Crippen LogP contribution in [-0.2, 0) is 28.7 Å². The van der Waals surface area contributed by atoms with Gasteiger partial charge in [-0.15, -0.1) is 26.3 Å². The number of ether oxygens (including phenoxy) is 2. The van der Waals surface area contributed by atoms with Crippen molar-refractivity contribution in [2.24, 2.45) is 11.8 Å². The van der Waals surface area contributed by atoms with Crippen LogP contribution in [0.15, 0.2) is 187 Å². The molecule has 1 aromatic rings. The molecule has 2 atom stereocenters. The van der Waals surface area contributed by atoms with Crippen LogP contribution in [0.5, 0.6) is 0 Å². The van der Waals surface area contributed by atoms with Crippen LogP contribution < -0.4 is 0 Å². The van der Waals surface area contributed by atoms with Crippen LogP contribution >= 0.6 is 0 Å². The van der Waals surface area contributed by atoms with Crippen LogP contribution in [-0.4, -0.2) is 23.9 Å². The number of cyclic esters (lactones) is 4. The number of hydrogen-bond donors (Lipinski definition) is 0. The number of rotatable bonds is 3. The molecule has 0 N–H and O–H groups in total. The molecule has 0 radical (unpaired) electrons. The van der Waals surface area contributed by atoms with Gasteiger partial charge in [0, 0.05) is 12.2 Å². The zero-order valence-corrected chi connectivity index (χ0v) is 31.3. The molecular formula is C46H62O6. The second-order valence-corrected chi connectivity index (χ2v) is 10.1. The average molecular weight is 711 g/mol. The summed E-state index contributed by atoms with van der Waals surface area (Å²) in [4.78, 5) is 41.7. The van der Waals surface area contributed by atoms with Gasteiger partial charge >= 0.3 is 23.9 Å². The summed E-state index contributed by atoms with van der Waals surface area (Å²) >= 11 is 0. The lowest BCUT2D eigenvalue weighted by molar-refractivity contribution is -0.154. The van der Waals surface area contributed by atoms with Gasteiger partial charge in [-0.3, -0.25) is 9.59 Å². The van der Waals surface area contributed by atoms with Gasteiger partial charge in [-0.2, -0.15) is 0 Å². The summed E-state index contributed by atoms with van der Waals surface area (Å²) in [6.45, 7) is 32.2. The fourth-order valence-electron chi connectivity index (χ4n) is 3.79. The molecule has 0 amide bonds.